The Hall–Kier alpha value is -0.940. The Bertz CT molecular complexity index is 453. The van der Waals surface area contributed by atoms with Crippen LogP contribution in [0.25, 0.3) is 0 Å². The highest BCUT2D eigenvalue weighted by atomic mass is 16.5. The largest absolute Gasteiger partial charge is 0.377 e. The first-order chi connectivity index (χ1) is 10.2. The SMILES string of the molecule is Cc1nc(C)n(C[C@@H]2CCCCN2C[C@@H]2CCCCO2)n1. The second-order valence-corrected chi connectivity index (χ2v) is 6.52. The summed E-state index contributed by atoms with van der Waals surface area (Å²) in [6.45, 7) is 8.24. The van der Waals surface area contributed by atoms with Gasteiger partial charge in [-0.05, 0) is 52.5 Å². The maximum atomic E-state index is 5.93. The third-order valence-corrected chi connectivity index (χ3v) is 4.81. The van der Waals surface area contributed by atoms with Crippen LogP contribution in [0.2, 0.25) is 0 Å². The molecule has 5 heteroatoms. The molecule has 0 saturated carbocycles. The summed E-state index contributed by atoms with van der Waals surface area (Å²) in [5, 5.41) is 4.53. The van der Waals surface area contributed by atoms with Crippen molar-refractivity contribution in [3.63, 3.8) is 0 Å². The van der Waals surface area contributed by atoms with E-state index in [1.165, 1.54) is 45.1 Å². The number of hydrogen-bond acceptors (Lipinski definition) is 4. The third kappa shape index (κ3) is 3.83. The van der Waals surface area contributed by atoms with Gasteiger partial charge in [0.05, 0.1) is 12.6 Å². The van der Waals surface area contributed by atoms with E-state index in [1.54, 1.807) is 0 Å². The summed E-state index contributed by atoms with van der Waals surface area (Å²) < 4.78 is 8.01. The van der Waals surface area contributed by atoms with Gasteiger partial charge in [-0.15, -0.1) is 0 Å². The minimum absolute atomic E-state index is 0.443. The van der Waals surface area contributed by atoms with Gasteiger partial charge < -0.3 is 4.74 Å². The van der Waals surface area contributed by atoms with Gasteiger partial charge in [-0.1, -0.05) is 6.42 Å². The van der Waals surface area contributed by atoms with E-state index >= 15 is 0 Å². The van der Waals surface area contributed by atoms with E-state index in [0.717, 1.165) is 31.3 Å². The summed E-state index contributed by atoms with van der Waals surface area (Å²) in [7, 11) is 0. The fourth-order valence-corrected chi connectivity index (χ4v) is 3.65. The fraction of sp³-hybridized carbons (Fsp3) is 0.875. The van der Waals surface area contributed by atoms with E-state index < -0.39 is 0 Å². The van der Waals surface area contributed by atoms with Gasteiger partial charge in [0.1, 0.15) is 11.6 Å². The molecular weight excluding hydrogens is 264 g/mol. The van der Waals surface area contributed by atoms with Crippen LogP contribution in [-0.4, -0.2) is 51.5 Å². The third-order valence-electron chi connectivity index (χ3n) is 4.81. The molecule has 2 atom stereocenters. The summed E-state index contributed by atoms with van der Waals surface area (Å²) >= 11 is 0. The van der Waals surface area contributed by atoms with Gasteiger partial charge in [0, 0.05) is 19.2 Å². The molecule has 118 valence electrons. The summed E-state index contributed by atoms with van der Waals surface area (Å²) in [5.74, 6) is 1.91. The number of ether oxygens (including phenoxy) is 1. The predicted molar refractivity (Wildman–Crippen MR) is 82.3 cm³/mol. The smallest absolute Gasteiger partial charge is 0.147 e. The summed E-state index contributed by atoms with van der Waals surface area (Å²) in [6, 6.07) is 0.587. The second kappa shape index (κ2) is 6.88. The molecule has 3 heterocycles. The zero-order valence-electron chi connectivity index (χ0n) is 13.4. The Kier molecular flexibility index (Phi) is 4.91. The predicted octanol–water partition coefficient (Wildman–Crippen LogP) is 2.32. The van der Waals surface area contributed by atoms with Crippen molar-refractivity contribution in [1.82, 2.24) is 19.7 Å². The topological polar surface area (TPSA) is 43.2 Å². The minimum Gasteiger partial charge on any atom is -0.377 e. The highest BCUT2D eigenvalue weighted by Crippen LogP contribution is 2.22. The van der Waals surface area contributed by atoms with Gasteiger partial charge in [0.2, 0.25) is 0 Å². The average molecular weight is 292 g/mol. The molecule has 0 N–H and O–H groups in total. The van der Waals surface area contributed by atoms with Gasteiger partial charge in [-0.2, -0.15) is 5.10 Å². The molecule has 3 rings (SSSR count). The number of nitrogens with zero attached hydrogens (tertiary/aromatic N) is 4. The monoisotopic (exact) mass is 292 g/mol. The van der Waals surface area contributed by atoms with E-state index in [9.17, 15) is 0 Å². The first kappa shape index (κ1) is 15.0. The summed E-state index contributed by atoms with van der Waals surface area (Å²) in [4.78, 5) is 7.06. The zero-order chi connectivity index (χ0) is 14.7. The van der Waals surface area contributed by atoms with E-state index in [0.29, 0.717) is 12.1 Å². The molecule has 1 aromatic rings. The van der Waals surface area contributed by atoms with Crippen LogP contribution in [0.15, 0.2) is 0 Å². The van der Waals surface area contributed by atoms with Crippen LogP contribution in [0.1, 0.15) is 50.2 Å². The van der Waals surface area contributed by atoms with Crippen molar-refractivity contribution in [3.05, 3.63) is 11.6 Å². The van der Waals surface area contributed by atoms with Crippen molar-refractivity contribution in [1.29, 1.82) is 0 Å². The normalized spacial score (nSPS) is 27.9. The number of likely N-dealkylation sites (tertiary alicyclic amines) is 1. The highest BCUT2D eigenvalue weighted by molar-refractivity contribution is 4.90. The number of aryl methyl sites for hydroxylation is 2. The minimum atomic E-state index is 0.443. The standard InChI is InChI=1S/C16H28N4O/c1-13-17-14(2)20(18-13)11-15-7-3-5-9-19(15)12-16-8-4-6-10-21-16/h15-16H,3-12H2,1-2H3/t15-,16-/m0/s1. The lowest BCUT2D eigenvalue weighted by Crippen LogP contribution is -2.47. The Labute approximate surface area is 127 Å². The van der Waals surface area contributed by atoms with Crippen molar-refractivity contribution in [2.45, 2.75) is 71.1 Å². The first-order valence-electron chi connectivity index (χ1n) is 8.46. The number of piperidine rings is 1. The molecule has 0 spiro atoms. The average Bonchev–Trinajstić information content (AvgIpc) is 2.80. The Morgan fingerprint density at radius 1 is 1.10 bits per heavy atom. The van der Waals surface area contributed by atoms with Crippen molar-refractivity contribution >= 4 is 0 Å². The van der Waals surface area contributed by atoms with Crippen LogP contribution in [0.3, 0.4) is 0 Å². The molecule has 21 heavy (non-hydrogen) atoms. The van der Waals surface area contributed by atoms with Crippen LogP contribution < -0.4 is 0 Å². The molecule has 5 nitrogen and oxygen atoms in total. The molecule has 0 radical (unpaired) electrons. The lowest BCUT2D eigenvalue weighted by Gasteiger charge is -2.38. The van der Waals surface area contributed by atoms with Gasteiger partial charge in [0.15, 0.2) is 0 Å². The van der Waals surface area contributed by atoms with Crippen LogP contribution in [0.4, 0.5) is 0 Å². The second-order valence-electron chi connectivity index (χ2n) is 6.52. The number of aromatic nitrogens is 3. The lowest BCUT2D eigenvalue weighted by molar-refractivity contribution is -0.0215. The van der Waals surface area contributed by atoms with Crippen molar-refractivity contribution in [2.24, 2.45) is 0 Å². The molecule has 1 aromatic heterocycles. The number of hydrogen-bond donors (Lipinski definition) is 0. The maximum absolute atomic E-state index is 5.93. The van der Waals surface area contributed by atoms with Crippen molar-refractivity contribution < 1.29 is 4.74 Å². The maximum Gasteiger partial charge on any atom is 0.147 e. The van der Waals surface area contributed by atoms with E-state index in [1.807, 2.05) is 6.92 Å². The van der Waals surface area contributed by atoms with E-state index in [4.69, 9.17) is 4.74 Å². The fourth-order valence-electron chi connectivity index (χ4n) is 3.65. The van der Waals surface area contributed by atoms with Gasteiger partial charge >= 0.3 is 0 Å². The Morgan fingerprint density at radius 3 is 2.67 bits per heavy atom. The van der Waals surface area contributed by atoms with Crippen LogP contribution >= 0.6 is 0 Å². The zero-order valence-corrected chi connectivity index (χ0v) is 13.4. The van der Waals surface area contributed by atoms with Crippen molar-refractivity contribution in [2.75, 3.05) is 19.7 Å². The molecule has 0 aromatic carbocycles. The molecule has 0 aliphatic carbocycles. The van der Waals surface area contributed by atoms with Gasteiger partial charge in [-0.25, -0.2) is 9.67 Å². The molecule has 0 bridgehead atoms. The summed E-state index contributed by atoms with van der Waals surface area (Å²) in [5.41, 5.74) is 0. The molecule has 2 aliphatic heterocycles. The van der Waals surface area contributed by atoms with Crippen molar-refractivity contribution in [3.8, 4) is 0 Å². The van der Waals surface area contributed by atoms with Crippen LogP contribution in [-0.2, 0) is 11.3 Å². The number of rotatable bonds is 4. The first-order valence-corrected chi connectivity index (χ1v) is 8.46. The van der Waals surface area contributed by atoms with E-state index in [-0.39, 0.29) is 0 Å². The highest BCUT2D eigenvalue weighted by Gasteiger charge is 2.27. The molecule has 2 saturated heterocycles. The van der Waals surface area contributed by atoms with Gasteiger partial charge in [0.25, 0.3) is 0 Å². The van der Waals surface area contributed by atoms with Crippen LogP contribution in [0.5, 0.6) is 0 Å². The molecule has 2 aliphatic rings. The van der Waals surface area contributed by atoms with E-state index in [2.05, 4.69) is 26.6 Å². The Balaban J connectivity index is 1.62. The van der Waals surface area contributed by atoms with Crippen LogP contribution in [0, 0.1) is 13.8 Å². The lowest BCUT2D eigenvalue weighted by atomic mass is 10.00. The molecule has 0 unspecified atom stereocenters. The van der Waals surface area contributed by atoms with Gasteiger partial charge in [-0.3, -0.25) is 4.90 Å². The molecule has 2 fully saturated rings. The molecular formula is C16H28N4O. The summed E-state index contributed by atoms with van der Waals surface area (Å²) in [6.07, 6.45) is 8.15. The Morgan fingerprint density at radius 2 is 1.95 bits per heavy atom. The molecule has 0 amide bonds. The quantitative estimate of drug-likeness (QED) is 0.854.